The van der Waals surface area contributed by atoms with Crippen molar-refractivity contribution in [1.82, 2.24) is 36.2 Å². The summed E-state index contributed by atoms with van der Waals surface area (Å²) in [6.07, 6.45) is 3.30. The van der Waals surface area contributed by atoms with E-state index in [1.54, 1.807) is 25.1 Å². The van der Waals surface area contributed by atoms with E-state index in [4.69, 9.17) is 11.6 Å². The largest absolute Gasteiger partial charge is 0.350 e. The minimum Gasteiger partial charge on any atom is -0.350 e. The summed E-state index contributed by atoms with van der Waals surface area (Å²) in [6, 6.07) is 4.35. The second kappa shape index (κ2) is 9.11. The molecule has 1 saturated heterocycles. The maximum atomic E-state index is 12.5. The predicted octanol–water partition coefficient (Wildman–Crippen LogP) is 0.825. The van der Waals surface area contributed by atoms with Gasteiger partial charge in [-0.1, -0.05) is 18.5 Å². The number of rotatable bonds is 6. The molecule has 9 nitrogen and oxygen atoms in total. The number of piperidine rings is 1. The molecule has 2 amide bonds. The third-order valence-corrected chi connectivity index (χ3v) is 5.06. The first-order valence-corrected chi connectivity index (χ1v) is 9.65. The van der Waals surface area contributed by atoms with E-state index in [2.05, 4.69) is 38.4 Å². The topological polar surface area (TPSA) is 114 Å². The van der Waals surface area contributed by atoms with Crippen molar-refractivity contribution in [1.29, 1.82) is 0 Å². The summed E-state index contributed by atoms with van der Waals surface area (Å²) >= 11 is 6.09. The van der Waals surface area contributed by atoms with Gasteiger partial charge in [0.05, 0.1) is 11.7 Å². The van der Waals surface area contributed by atoms with Crippen molar-refractivity contribution in [3.05, 3.63) is 35.1 Å². The molecule has 10 heteroatoms. The second-order valence-corrected chi connectivity index (χ2v) is 7.55. The number of halogens is 1. The standard InChI is InChI=1S/C18H24ClN7O2/c1-11-5-6-20-15(7-11)18(28)23-12(2)17(27)21-9-13-8-14(19)3-4-16(13)26-10-22-24-25-26/h3-4,8,10-12,15,20H,5-7,9H2,1-2H3,(H,21,27)(H,23,28)/t11-,12-,15+/m0/s1. The van der Waals surface area contributed by atoms with E-state index in [1.807, 2.05) is 0 Å². The Labute approximate surface area is 168 Å². The van der Waals surface area contributed by atoms with E-state index in [9.17, 15) is 9.59 Å². The second-order valence-electron chi connectivity index (χ2n) is 7.11. The van der Waals surface area contributed by atoms with E-state index in [0.717, 1.165) is 24.9 Å². The zero-order chi connectivity index (χ0) is 20.1. The number of carbonyl (C=O) groups excluding carboxylic acids is 2. The molecule has 0 spiro atoms. The first-order chi connectivity index (χ1) is 13.4. The SMILES string of the molecule is C[C@H]1CCN[C@@H](C(=O)N[C@@H](C)C(=O)NCc2cc(Cl)ccc2-n2cnnn2)C1. The fraction of sp³-hybridized carbons (Fsp3) is 0.500. The van der Waals surface area contributed by atoms with E-state index >= 15 is 0 Å². The van der Waals surface area contributed by atoms with Crippen LogP contribution in [0.25, 0.3) is 5.69 Å². The van der Waals surface area contributed by atoms with Crippen LogP contribution in [0.1, 0.15) is 32.3 Å². The third-order valence-electron chi connectivity index (χ3n) is 4.82. The van der Waals surface area contributed by atoms with Gasteiger partial charge in [-0.15, -0.1) is 5.10 Å². The number of hydrogen-bond donors (Lipinski definition) is 3. The molecule has 1 aromatic heterocycles. The summed E-state index contributed by atoms with van der Waals surface area (Å²) in [5.41, 5.74) is 1.47. The lowest BCUT2D eigenvalue weighted by molar-refractivity contribution is -0.130. The predicted molar refractivity (Wildman–Crippen MR) is 104 cm³/mol. The molecule has 3 N–H and O–H groups in total. The van der Waals surface area contributed by atoms with Crippen LogP contribution in [0.3, 0.4) is 0 Å². The number of hydrogen-bond acceptors (Lipinski definition) is 6. The number of amides is 2. The van der Waals surface area contributed by atoms with Gasteiger partial charge in [0.15, 0.2) is 0 Å². The zero-order valence-corrected chi connectivity index (χ0v) is 16.6. The normalized spacial score (nSPS) is 20.4. The van der Waals surface area contributed by atoms with Crippen molar-refractivity contribution >= 4 is 23.4 Å². The van der Waals surface area contributed by atoms with Crippen LogP contribution in [0.5, 0.6) is 0 Å². The van der Waals surface area contributed by atoms with Crippen LogP contribution in [0, 0.1) is 5.92 Å². The maximum absolute atomic E-state index is 12.5. The maximum Gasteiger partial charge on any atom is 0.242 e. The minimum atomic E-state index is -0.651. The lowest BCUT2D eigenvalue weighted by Gasteiger charge is -2.28. The number of tetrazole rings is 1. The molecule has 2 heterocycles. The molecular weight excluding hydrogens is 382 g/mol. The van der Waals surface area contributed by atoms with E-state index in [-0.39, 0.29) is 24.4 Å². The van der Waals surface area contributed by atoms with Crippen LogP contribution >= 0.6 is 11.6 Å². The molecule has 0 bridgehead atoms. The molecule has 0 aliphatic carbocycles. The average Bonchev–Trinajstić information content (AvgIpc) is 3.20. The van der Waals surface area contributed by atoms with Gasteiger partial charge in [-0.25, -0.2) is 4.68 Å². The van der Waals surface area contributed by atoms with Crippen molar-refractivity contribution in [3.63, 3.8) is 0 Å². The molecular formula is C18H24ClN7O2. The van der Waals surface area contributed by atoms with E-state index < -0.39 is 6.04 Å². The van der Waals surface area contributed by atoms with Gasteiger partial charge in [0, 0.05) is 11.6 Å². The fourth-order valence-corrected chi connectivity index (χ4v) is 3.41. The Kier molecular flexibility index (Phi) is 6.58. The fourth-order valence-electron chi connectivity index (χ4n) is 3.21. The number of aromatic nitrogens is 4. The van der Waals surface area contributed by atoms with Crippen LogP contribution in [0.4, 0.5) is 0 Å². The summed E-state index contributed by atoms with van der Waals surface area (Å²) in [7, 11) is 0. The molecule has 150 valence electrons. The van der Waals surface area contributed by atoms with Gasteiger partial charge in [-0.3, -0.25) is 9.59 Å². The highest BCUT2D eigenvalue weighted by molar-refractivity contribution is 6.30. The highest BCUT2D eigenvalue weighted by Crippen LogP contribution is 2.19. The average molecular weight is 406 g/mol. The molecule has 1 aromatic carbocycles. The summed E-state index contributed by atoms with van der Waals surface area (Å²) in [6.45, 7) is 4.84. The molecule has 28 heavy (non-hydrogen) atoms. The lowest BCUT2D eigenvalue weighted by Crippen LogP contribution is -2.53. The monoisotopic (exact) mass is 405 g/mol. The number of carbonyl (C=O) groups is 2. The molecule has 2 aromatic rings. The molecule has 1 fully saturated rings. The Morgan fingerprint density at radius 2 is 2.25 bits per heavy atom. The number of nitrogens with one attached hydrogen (secondary N) is 3. The molecule has 1 aliphatic heterocycles. The summed E-state index contributed by atoms with van der Waals surface area (Å²) in [5.74, 6) is 0.0693. The van der Waals surface area contributed by atoms with Gasteiger partial charge in [0.2, 0.25) is 11.8 Å². The molecule has 3 rings (SSSR count). The molecule has 0 radical (unpaired) electrons. The van der Waals surface area contributed by atoms with Crippen LogP contribution in [-0.4, -0.2) is 50.7 Å². The molecule has 3 atom stereocenters. The van der Waals surface area contributed by atoms with Gasteiger partial charge in [-0.2, -0.15) is 0 Å². The van der Waals surface area contributed by atoms with E-state index in [0.29, 0.717) is 16.6 Å². The van der Waals surface area contributed by atoms with Gasteiger partial charge < -0.3 is 16.0 Å². The van der Waals surface area contributed by atoms with Crippen LogP contribution in [-0.2, 0) is 16.1 Å². The highest BCUT2D eigenvalue weighted by atomic mass is 35.5. The van der Waals surface area contributed by atoms with E-state index in [1.165, 1.54) is 11.0 Å². The van der Waals surface area contributed by atoms with Crippen molar-refractivity contribution in [2.45, 2.75) is 45.3 Å². The van der Waals surface area contributed by atoms with Gasteiger partial charge in [-0.05, 0) is 66.4 Å². The highest BCUT2D eigenvalue weighted by Gasteiger charge is 2.26. The van der Waals surface area contributed by atoms with Gasteiger partial charge in [0.25, 0.3) is 0 Å². The Morgan fingerprint density at radius 3 is 2.96 bits per heavy atom. The Bertz CT molecular complexity index is 827. The first-order valence-electron chi connectivity index (χ1n) is 9.27. The lowest BCUT2D eigenvalue weighted by atomic mass is 9.94. The van der Waals surface area contributed by atoms with Crippen LogP contribution < -0.4 is 16.0 Å². The van der Waals surface area contributed by atoms with Crippen LogP contribution in [0.15, 0.2) is 24.5 Å². The van der Waals surface area contributed by atoms with Crippen LogP contribution in [0.2, 0.25) is 5.02 Å². The smallest absolute Gasteiger partial charge is 0.242 e. The van der Waals surface area contributed by atoms with Crippen molar-refractivity contribution in [2.75, 3.05) is 6.54 Å². The third kappa shape index (κ3) is 5.05. The summed E-state index contributed by atoms with van der Waals surface area (Å²) < 4.78 is 1.50. The quantitative estimate of drug-likeness (QED) is 0.655. The first kappa shape index (κ1) is 20.2. The van der Waals surface area contributed by atoms with Crippen molar-refractivity contribution in [2.24, 2.45) is 5.92 Å². The minimum absolute atomic E-state index is 0.147. The number of nitrogens with zero attached hydrogens (tertiary/aromatic N) is 4. The Morgan fingerprint density at radius 1 is 1.43 bits per heavy atom. The summed E-state index contributed by atoms with van der Waals surface area (Å²) in [4.78, 5) is 24.8. The van der Waals surface area contributed by atoms with Crippen molar-refractivity contribution in [3.8, 4) is 5.69 Å². The Hall–Kier alpha value is -2.52. The Balaban J connectivity index is 1.58. The zero-order valence-electron chi connectivity index (χ0n) is 15.9. The summed E-state index contributed by atoms with van der Waals surface area (Å²) in [5, 5.41) is 20.5. The van der Waals surface area contributed by atoms with Crippen molar-refractivity contribution < 1.29 is 9.59 Å². The van der Waals surface area contributed by atoms with Gasteiger partial charge >= 0.3 is 0 Å². The molecule has 0 saturated carbocycles. The molecule has 0 unspecified atom stereocenters. The number of benzene rings is 1. The molecule has 1 aliphatic rings. The van der Waals surface area contributed by atoms with Gasteiger partial charge in [0.1, 0.15) is 12.4 Å².